The second kappa shape index (κ2) is 6.15. The van der Waals surface area contributed by atoms with Crippen molar-refractivity contribution in [2.75, 3.05) is 13.6 Å². The van der Waals surface area contributed by atoms with Crippen molar-refractivity contribution in [3.05, 3.63) is 24.0 Å². The molecule has 3 heterocycles. The van der Waals surface area contributed by atoms with Crippen LogP contribution in [0.1, 0.15) is 52.1 Å². The minimum atomic E-state index is -0.325. The lowest BCUT2D eigenvalue weighted by molar-refractivity contribution is 0.00578. The summed E-state index contributed by atoms with van der Waals surface area (Å²) in [4.78, 5) is 6.81. The van der Waals surface area contributed by atoms with Gasteiger partial charge in [0.25, 0.3) is 0 Å². The monoisotopic (exact) mass is 322 g/mol. The van der Waals surface area contributed by atoms with Crippen LogP contribution in [0.2, 0.25) is 0 Å². The maximum Gasteiger partial charge on any atom is 0.496 e. The van der Waals surface area contributed by atoms with Crippen LogP contribution in [-0.2, 0) is 9.31 Å². The first-order valence-electron chi connectivity index (χ1n) is 7.81. The summed E-state index contributed by atoms with van der Waals surface area (Å²) in [5, 5.41) is 0. The first-order chi connectivity index (χ1) is 9.80. The molecule has 3 rings (SSSR count). The second-order valence-electron chi connectivity index (χ2n) is 7.28. The van der Waals surface area contributed by atoms with Gasteiger partial charge in [-0.05, 0) is 59.7 Å². The Hall–Kier alpha value is -0.555. The van der Waals surface area contributed by atoms with Crippen LogP contribution in [0.3, 0.4) is 0 Å². The standard InChI is InChI=1S/C16H25BN2O2.H2S/c1-15(2)16(3,4)21-17(20-15)13-9-12(10-18-11-13)14-7-6-8-19(14)5;/h9-11,14H,6-8H2,1-5H3;1H2/t14-;/m0./s1. The lowest BCUT2D eigenvalue weighted by Gasteiger charge is -2.32. The van der Waals surface area contributed by atoms with Crippen molar-refractivity contribution in [1.29, 1.82) is 0 Å². The Morgan fingerprint density at radius 1 is 1.18 bits per heavy atom. The first-order valence-corrected chi connectivity index (χ1v) is 7.81. The fourth-order valence-corrected chi connectivity index (χ4v) is 3.10. The van der Waals surface area contributed by atoms with Crippen LogP contribution in [0.4, 0.5) is 0 Å². The molecular formula is C16H27BN2O2S. The zero-order valence-corrected chi connectivity index (χ0v) is 15.2. The molecule has 0 aromatic carbocycles. The van der Waals surface area contributed by atoms with Gasteiger partial charge in [-0.3, -0.25) is 9.88 Å². The highest BCUT2D eigenvalue weighted by molar-refractivity contribution is 7.59. The Labute approximate surface area is 141 Å². The first kappa shape index (κ1) is 17.8. The van der Waals surface area contributed by atoms with Crippen LogP contribution < -0.4 is 5.46 Å². The Balaban J connectivity index is 0.00000176. The fourth-order valence-electron chi connectivity index (χ4n) is 3.10. The summed E-state index contributed by atoms with van der Waals surface area (Å²) in [7, 11) is 1.85. The SMILES string of the molecule is CN1CCC[C@H]1c1cncc(B2OC(C)(C)C(C)(C)O2)c1.S. The van der Waals surface area contributed by atoms with Gasteiger partial charge in [0.2, 0.25) is 0 Å². The molecule has 122 valence electrons. The van der Waals surface area contributed by atoms with Gasteiger partial charge < -0.3 is 9.31 Å². The minimum absolute atomic E-state index is 0. The Morgan fingerprint density at radius 3 is 2.36 bits per heavy atom. The summed E-state index contributed by atoms with van der Waals surface area (Å²) >= 11 is 0. The maximum atomic E-state index is 6.12. The highest BCUT2D eigenvalue weighted by Gasteiger charge is 2.51. The number of pyridine rings is 1. The minimum Gasteiger partial charge on any atom is -0.399 e. The molecule has 0 saturated carbocycles. The molecule has 6 heteroatoms. The molecule has 2 fully saturated rings. The van der Waals surface area contributed by atoms with E-state index < -0.39 is 0 Å². The van der Waals surface area contributed by atoms with E-state index in [2.05, 4.69) is 50.7 Å². The van der Waals surface area contributed by atoms with Gasteiger partial charge in [-0.15, -0.1) is 0 Å². The number of rotatable bonds is 2. The van der Waals surface area contributed by atoms with Crippen molar-refractivity contribution in [2.24, 2.45) is 0 Å². The van der Waals surface area contributed by atoms with E-state index in [9.17, 15) is 0 Å². The van der Waals surface area contributed by atoms with Crippen molar-refractivity contribution >= 4 is 26.1 Å². The molecule has 0 spiro atoms. The number of likely N-dealkylation sites (tertiary alicyclic amines) is 1. The average Bonchev–Trinajstić information content (AvgIpc) is 2.92. The van der Waals surface area contributed by atoms with Crippen LogP contribution >= 0.6 is 13.5 Å². The summed E-state index contributed by atoms with van der Waals surface area (Å²) in [6.45, 7) is 9.47. The van der Waals surface area contributed by atoms with Gasteiger partial charge in [-0.1, -0.05) is 6.07 Å². The third-order valence-electron chi connectivity index (χ3n) is 5.21. The zero-order chi connectivity index (χ0) is 15.3. The van der Waals surface area contributed by atoms with E-state index in [1.807, 2.05) is 12.4 Å². The number of hydrogen-bond acceptors (Lipinski definition) is 4. The molecule has 2 aliphatic heterocycles. The third kappa shape index (κ3) is 3.07. The van der Waals surface area contributed by atoms with Gasteiger partial charge >= 0.3 is 7.12 Å². The molecular weight excluding hydrogens is 295 g/mol. The van der Waals surface area contributed by atoms with Crippen LogP contribution in [0.5, 0.6) is 0 Å². The van der Waals surface area contributed by atoms with Gasteiger partial charge in [0.1, 0.15) is 0 Å². The maximum absolute atomic E-state index is 6.12. The summed E-state index contributed by atoms with van der Waals surface area (Å²) in [6.07, 6.45) is 6.29. The van der Waals surface area contributed by atoms with Crippen molar-refractivity contribution in [2.45, 2.75) is 57.8 Å². The van der Waals surface area contributed by atoms with E-state index in [4.69, 9.17) is 9.31 Å². The molecule has 1 aromatic rings. The molecule has 1 aromatic heterocycles. The van der Waals surface area contributed by atoms with Crippen LogP contribution in [0.25, 0.3) is 0 Å². The van der Waals surface area contributed by atoms with Crippen LogP contribution in [0, 0.1) is 0 Å². The summed E-state index contributed by atoms with van der Waals surface area (Å²) in [5.74, 6) is 0. The third-order valence-corrected chi connectivity index (χ3v) is 5.21. The topological polar surface area (TPSA) is 34.6 Å². The number of aromatic nitrogens is 1. The van der Waals surface area contributed by atoms with Gasteiger partial charge in [0, 0.05) is 23.9 Å². The molecule has 22 heavy (non-hydrogen) atoms. The van der Waals surface area contributed by atoms with Gasteiger partial charge in [0.15, 0.2) is 0 Å². The van der Waals surface area contributed by atoms with Gasteiger partial charge in [0.05, 0.1) is 11.2 Å². The van der Waals surface area contributed by atoms with E-state index in [0.29, 0.717) is 6.04 Å². The van der Waals surface area contributed by atoms with Gasteiger partial charge in [-0.2, -0.15) is 13.5 Å². The normalized spacial score (nSPS) is 27.0. The smallest absolute Gasteiger partial charge is 0.399 e. The molecule has 2 aliphatic rings. The van der Waals surface area contributed by atoms with E-state index in [1.165, 1.54) is 18.4 Å². The molecule has 2 saturated heterocycles. The molecule has 0 bridgehead atoms. The van der Waals surface area contributed by atoms with Crippen molar-refractivity contribution in [3.8, 4) is 0 Å². The van der Waals surface area contributed by atoms with Crippen molar-refractivity contribution in [1.82, 2.24) is 9.88 Å². The summed E-state index contributed by atoms with van der Waals surface area (Å²) in [5.41, 5.74) is 1.67. The molecule has 4 nitrogen and oxygen atoms in total. The number of nitrogens with zero attached hydrogens (tertiary/aromatic N) is 2. The lowest BCUT2D eigenvalue weighted by Crippen LogP contribution is -2.41. The molecule has 1 atom stereocenters. The Morgan fingerprint density at radius 2 is 1.82 bits per heavy atom. The van der Waals surface area contributed by atoms with E-state index in [1.54, 1.807) is 0 Å². The molecule has 0 amide bonds. The van der Waals surface area contributed by atoms with E-state index in [-0.39, 0.29) is 31.8 Å². The van der Waals surface area contributed by atoms with Crippen molar-refractivity contribution < 1.29 is 9.31 Å². The fraction of sp³-hybridized carbons (Fsp3) is 0.688. The van der Waals surface area contributed by atoms with Crippen LogP contribution in [0.15, 0.2) is 18.5 Å². The van der Waals surface area contributed by atoms with Crippen LogP contribution in [-0.4, -0.2) is 41.8 Å². The van der Waals surface area contributed by atoms with E-state index in [0.717, 1.165) is 12.0 Å². The summed E-state index contributed by atoms with van der Waals surface area (Å²) in [6, 6.07) is 2.67. The molecule has 0 unspecified atom stereocenters. The Bertz CT molecular complexity index is 523. The lowest BCUT2D eigenvalue weighted by atomic mass is 9.79. The molecule has 0 radical (unpaired) electrons. The average molecular weight is 322 g/mol. The van der Waals surface area contributed by atoms with Gasteiger partial charge in [-0.25, -0.2) is 0 Å². The highest BCUT2D eigenvalue weighted by atomic mass is 32.1. The van der Waals surface area contributed by atoms with Crippen molar-refractivity contribution in [3.63, 3.8) is 0 Å². The molecule has 0 aliphatic carbocycles. The predicted molar refractivity (Wildman–Crippen MR) is 94.9 cm³/mol. The quantitative estimate of drug-likeness (QED) is 0.783. The number of hydrogen-bond donors (Lipinski definition) is 0. The largest absolute Gasteiger partial charge is 0.496 e. The molecule has 0 N–H and O–H groups in total. The summed E-state index contributed by atoms with van der Waals surface area (Å²) < 4.78 is 12.2. The second-order valence-corrected chi connectivity index (χ2v) is 7.28. The predicted octanol–water partition coefficient (Wildman–Crippen LogP) is 2.26. The van der Waals surface area contributed by atoms with E-state index >= 15 is 0 Å². The zero-order valence-electron chi connectivity index (χ0n) is 14.2. The highest BCUT2D eigenvalue weighted by Crippen LogP contribution is 2.36. The Kier molecular flexibility index (Phi) is 4.98.